The Kier molecular flexibility index (Phi) is 4.63. The molecule has 0 atom stereocenters. The van der Waals surface area contributed by atoms with Gasteiger partial charge in [0.15, 0.2) is 5.82 Å². The number of hydrogen-bond donors (Lipinski definition) is 1. The maximum Gasteiger partial charge on any atom is 0.291 e. The monoisotopic (exact) mass is 374 g/mol. The first kappa shape index (κ1) is 17.6. The zero-order valence-electron chi connectivity index (χ0n) is 14.8. The highest BCUT2D eigenvalue weighted by molar-refractivity contribution is 6.03. The van der Waals surface area contributed by atoms with Crippen LogP contribution >= 0.6 is 0 Å². The Bertz CT molecular complexity index is 903. The van der Waals surface area contributed by atoms with Crippen molar-refractivity contribution in [1.82, 2.24) is 14.5 Å². The second-order valence-electron chi connectivity index (χ2n) is 6.92. The van der Waals surface area contributed by atoms with E-state index >= 15 is 0 Å². The summed E-state index contributed by atoms with van der Waals surface area (Å²) in [6.45, 7) is 1.99. The topological polar surface area (TPSA) is 67.2 Å². The molecule has 1 saturated heterocycles. The molecule has 0 radical (unpaired) electrons. The van der Waals surface area contributed by atoms with Crippen LogP contribution < -0.4 is 5.32 Å². The van der Waals surface area contributed by atoms with E-state index in [0.717, 1.165) is 37.4 Å². The summed E-state index contributed by atoms with van der Waals surface area (Å²) in [5, 5.41) is 2.44. The molecular weight excluding hydrogens is 354 g/mol. The van der Waals surface area contributed by atoms with Crippen molar-refractivity contribution in [2.45, 2.75) is 38.6 Å². The van der Waals surface area contributed by atoms with Gasteiger partial charge in [0.1, 0.15) is 17.3 Å². The Morgan fingerprint density at radius 3 is 2.52 bits per heavy atom. The van der Waals surface area contributed by atoms with Crippen molar-refractivity contribution in [1.29, 1.82) is 0 Å². The molecule has 0 saturated carbocycles. The lowest BCUT2D eigenvalue weighted by molar-refractivity contribution is 0.0786. The molecule has 2 aromatic rings. The zero-order chi connectivity index (χ0) is 19.0. The first-order chi connectivity index (χ1) is 13.0. The SMILES string of the molecule is O=C(Nc1ccc(F)cc1F)c1nc(C(=O)N2CCCC2)c2n1CCCC2. The fourth-order valence-corrected chi connectivity index (χ4v) is 3.73. The Labute approximate surface area is 155 Å². The van der Waals surface area contributed by atoms with Crippen molar-refractivity contribution < 1.29 is 18.4 Å². The normalized spacial score (nSPS) is 16.3. The number of nitrogens with zero attached hydrogens (tertiary/aromatic N) is 3. The van der Waals surface area contributed by atoms with E-state index in [2.05, 4.69) is 10.3 Å². The molecule has 2 aliphatic rings. The number of benzene rings is 1. The highest BCUT2D eigenvalue weighted by atomic mass is 19.1. The third-order valence-electron chi connectivity index (χ3n) is 5.10. The number of carbonyl (C=O) groups excluding carboxylic acids is 2. The van der Waals surface area contributed by atoms with Gasteiger partial charge in [0.25, 0.3) is 11.8 Å². The van der Waals surface area contributed by atoms with Crippen molar-refractivity contribution in [3.05, 3.63) is 47.0 Å². The summed E-state index contributed by atoms with van der Waals surface area (Å²) in [4.78, 5) is 31.6. The molecule has 1 aromatic carbocycles. The lowest BCUT2D eigenvalue weighted by atomic mass is 10.1. The van der Waals surface area contributed by atoms with Crippen molar-refractivity contribution in [2.24, 2.45) is 0 Å². The van der Waals surface area contributed by atoms with Crippen molar-refractivity contribution >= 4 is 17.5 Å². The van der Waals surface area contributed by atoms with E-state index in [9.17, 15) is 18.4 Å². The summed E-state index contributed by atoms with van der Waals surface area (Å²) in [5.74, 6) is -2.24. The van der Waals surface area contributed by atoms with Crippen LogP contribution in [0.5, 0.6) is 0 Å². The second-order valence-corrected chi connectivity index (χ2v) is 6.92. The quantitative estimate of drug-likeness (QED) is 0.898. The molecule has 2 amide bonds. The first-order valence-electron chi connectivity index (χ1n) is 9.19. The fraction of sp³-hybridized carbons (Fsp3) is 0.421. The van der Waals surface area contributed by atoms with Gasteiger partial charge >= 0.3 is 0 Å². The van der Waals surface area contributed by atoms with E-state index < -0.39 is 17.5 Å². The molecule has 1 fully saturated rings. The van der Waals surface area contributed by atoms with Crippen LogP contribution in [0.2, 0.25) is 0 Å². The molecule has 0 unspecified atom stereocenters. The Morgan fingerprint density at radius 2 is 1.78 bits per heavy atom. The number of imidazole rings is 1. The third-order valence-corrected chi connectivity index (χ3v) is 5.10. The minimum absolute atomic E-state index is 0.0935. The van der Waals surface area contributed by atoms with Gasteiger partial charge in [0, 0.05) is 25.7 Å². The number of carbonyl (C=O) groups is 2. The average molecular weight is 374 g/mol. The van der Waals surface area contributed by atoms with Gasteiger partial charge in [-0.2, -0.15) is 0 Å². The predicted octanol–water partition coefficient (Wildman–Crippen LogP) is 2.99. The lowest BCUT2D eigenvalue weighted by Crippen LogP contribution is -2.29. The van der Waals surface area contributed by atoms with Crippen LogP contribution in [0.15, 0.2) is 18.2 Å². The molecule has 0 spiro atoms. The van der Waals surface area contributed by atoms with Crippen LogP contribution in [0, 0.1) is 11.6 Å². The molecule has 3 heterocycles. The Hall–Kier alpha value is -2.77. The van der Waals surface area contributed by atoms with Gasteiger partial charge in [0.05, 0.1) is 11.4 Å². The summed E-state index contributed by atoms with van der Waals surface area (Å²) < 4.78 is 28.7. The summed E-state index contributed by atoms with van der Waals surface area (Å²) in [6, 6.07) is 2.94. The molecular formula is C19H20F2N4O2. The molecule has 1 aromatic heterocycles. The Balaban J connectivity index is 1.65. The minimum atomic E-state index is -0.859. The average Bonchev–Trinajstić information content (AvgIpc) is 3.31. The van der Waals surface area contributed by atoms with Gasteiger partial charge < -0.3 is 14.8 Å². The van der Waals surface area contributed by atoms with E-state index in [1.54, 1.807) is 9.47 Å². The van der Waals surface area contributed by atoms with Crippen LogP contribution in [0.25, 0.3) is 0 Å². The molecule has 27 heavy (non-hydrogen) atoms. The van der Waals surface area contributed by atoms with E-state index in [4.69, 9.17) is 0 Å². The summed E-state index contributed by atoms with van der Waals surface area (Å²) in [6.07, 6.45) is 4.43. The number of anilines is 1. The van der Waals surface area contributed by atoms with E-state index in [-0.39, 0.29) is 17.4 Å². The maximum atomic E-state index is 13.9. The second kappa shape index (κ2) is 7.09. The molecule has 4 rings (SSSR count). The smallest absolute Gasteiger partial charge is 0.291 e. The molecule has 8 heteroatoms. The summed E-state index contributed by atoms with van der Waals surface area (Å²) >= 11 is 0. The van der Waals surface area contributed by atoms with Gasteiger partial charge in [-0.15, -0.1) is 0 Å². The first-order valence-corrected chi connectivity index (χ1v) is 9.19. The van der Waals surface area contributed by atoms with Crippen LogP contribution in [-0.2, 0) is 13.0 Å². The van der Waals surface area contributed by atoms with Gasteiger partial charge in [-0.05, 0) is 44.2 Å². The van der Waals surface area contributed by atoms with Crippen LogP contribution in [-0.4, -0.2) is 39.4 Å². The number of hydrogen-bond acceptors (Lipinski definition) is 3. The molecule has 0 aliphatic carbocycles. The number of likely N-dealkylation sites (tertiary alicyclic amines) is 1. The highest BCUT2D eigenvalue weighted by Gasteiger charge is 2.31. The van der Waals surface area contributed by atoms with Crippen LogP contribution in [0.1, 0.15) is 52.5 Å². The number of rotatable bonds is 3. The fourth-order valence-electron chi connectivity index (χ4n) is 3.73. The molecule has 0 bridgehead atoms. The van der Waals surface area contributed by atoms with E-state index in [0.29, 0.717) is 37.8 Å². The molecule has 6 nitrogen and oxygen atoms in total. The number of halogens is 2. The van der Waals surface area contributed by atoms with Crippen LogP contribution in [0.4, 0.5) is 14.5 Å². The van der Waals surface area contributed by atoms with Crippen LogP contribution in [0.3, 0.4) is 0 Å². The van der Waals surface area contributed by atoms with Gasteiger partial charge in [0.2, 0.25) is 0 Å². The number of aromatic nitrogens is 2. The minimum Gasteiger partial charge on any atom is -0.337 e. The van der Waals surface area contributed by atoms with E-state index in [1.165, 1.54) is 6.07 Å². The van der Waals surface area contributed by atoms with Crippen molar-refractivity contribution in [3.8, 4) is 0 Å². The molecule has 2 aliphatic heterocycles. The third kappa shape index (κ3) is 3.31. The van der Waals surface area contributed by atoms with Crippen molar-refractivity contribution in [2.75, 3.05) is 18.4 Å². The predicted molar refractivity (Wildman–Crippen MR) is 94.6 cm³/mol. The summed E-state index contributed by atoms with van der Waals surface area (Å²) in [5.41, 5.74) is 0.964. The standard InChI is InChI=1S/C19H20F2N4O2/c20-12-6-7-14(13(21)11-12)22-18(26)17-23-16(15-5-1-2-10-25(15)17)19(27)24-8-3-4-9-24/h6-7,11H,1-5,8-10H2,(H,22,26). The van der Waals surface area contributed by atoms with E-state index in [1.807, 2.05) is 0 Å². The molecule has 142 valence electrons. The van der Waals surface area contributed by atoms with Gasteiger partial charge in [-0.3, -0.25) is 9.59 Å². The maximum absolute atomic E-state index is 13.9. The Morgan fingerprint density at radius 1 is 1.04 bits per heavy atom. The summed E-state index contributed by atoms with van der Waals surface area (Å²) in [7, 11) is 0. The highest BCUT2D eigenvalue weighted by Crippen LogP contribution is 2.24. The number of amides is 2. The molecule has 1 N–H and O–H groups in total. The largest absolute Gasteiger partial charge is 0.337 e. The number of nitrogens with one attached hydrogen (secondary N) is 1. The lowest BCUT2D eigenvalue weighted by Gasteiger charge is -2.18. The zero-order valence-corrected chi connectivity index (χ0v) is 14.8. The number of fused-ring (bicyclic) bond motifs is 1. The van der Waals surface area contributed by atoms with Gasteiger partial charge in [-0.1, -0.05) is 0 Å². The van der Waals surface area contributed by atoms with Gasteiger partial charge in [-0.25, -0.2) is 13.8 Å². The van der Waals surface area contributed by atoms with Crippen molar-refractivity contribution in [3.63, 3.8) is 0 Å².